The Morgan fingerprint density at radius 1 is 1.28 bits per heavy atom. The van der Waals surface area contributed by atoms with E-state index in [-0.39, 0.29) is 0 Å². The van der Waals surface area contributed by atoms with Crippen LogP contribution in [0.4, 0.5) is 0 Å². The molecule has 0 aliphatic carbocycles. The van der Waals surface area contributed by atoms with Crippen LogP contribution >= 0.6 is 0 Å². The lowest BCUT2D eigenvalue weighted by atomic mass is 10.1. The van der Waals surface area contributed by atoms with Gasteiger partial charge in [-0.15, -0.1) is 6.58 Å². The van der Waals surface area contributed by atoms with Gasteiger partial charge < -0.3 is 4.43 Å². The lowest BCUT2D eigenvalue weighted by molar-refractivity contribution is 0.274. The molecule has 0 aromatic rings. The number of rotatable bonds is 8. The molecule has 0 fully saturated rings. The molecule has 0 aromatic heterocycles. The summed E-state index contributed by atoms with van der Waals surface area (Å²) in [6.45, 7) is 18.4. The maximum Gasteiger partial charge on any atom is 0.191 e. The summed E-state index contributed by atoms with van der Waals surface area (Å²) < 4.78 is 6.19. The molecule has 1 nitrogen and oxygen atoms in total. The van der Waals surface area contributed by atoms with E-state index in [0.29, 0.717) is 11.0 Å². The molecule has 1 unspecified atom stereocenters. The fraction of sp³-hybridized carbons (Fsp3) is 0.750. The number of unbranched alkanes of at least 4 members (excludes halogenated alkanes) is 1. The maximum absolute atomic E-state index is 6.19. The minimum Gasteiger partial charge on any atom is -0.417 e. The molecule has 0 aliphatic heterocycles. The monoisotopic (exact) mass is 268 g/mol. The molecule has 0 saturated heterocycles. The molecular formula is C16H32OSi. The summed E-state index contributed by atoms with van der Waals surface area (Å²) in [6, 6.07) is 0. The fourth-order valence-electron chi connectivity index (χ4n) is 1.40. The molecule has 2 heteroatoms. The Labute approximate surface area is 115 Å². The van der Waals surface area contributed by atoms with Gasteiger partial charge in [-0.25, -0.2) is 0 Å². The Morgan fingerprint density at radius 2 is 1.89 bits per heavy atom. The molecule has 0 N–H and O–H groups in total. The summed E-state index contributed by atoms with van der Waals surface area (Å²) in [5.41, 5.74) is 0. The lowest BCUT2D eigenvalue weighted by Crippen LogP contribution is -2.41. The molecule has 0 saturated carbocycles. The van der Waals surface area contributed by atoms with Gasteiger partial charge in [0, 0.05) is 6.61 Å². The summed E-state index contributed by atoms with van der Waals surface area (Å²) in [4.78, 5) is 0. The van der Waals surface area contributed by atoms with E-state index in [1.807, 2.05) is 6.08 Å². The van der Waals surface area contributed by atoms with Crippen LogP contribution in [0, 0.1) is 5.92 Å². The SMILES string of the molecule is C=CC(/C=C/CCC)CCO[Si](C)(C)C(C)(C)C. The van der Waals surface area contributed by atoms with Crippen molar-refractivity contribution in [3.63, 3.8) is 0 Å². The zero-order chi connectivity index (χ0) is 14.2. The topological polar surface area (TPSA) is 9.23 Å². The van der Waals surface area contributed by atoms with Crippen LogP contribution in [0.3, 0.4) is 0 Å². The Morgan fingerprint density at radius 3 is 2.33 bits per heavy atom. The number of allylic oxidation sites excluding steroid dienone is 3. The minimum atomic E-state index is -1.58. The van der Waals surface area contributed by atoms with E-state index in [0.717, 1.165) is 19.4 Å². The molecule has 0 amide bonds. The van der Waals surface area contributed by atoms with Gasteiger partial charge in [-0.1, -0.05) is 52.3 Å². The van der Waals surface area contributed by atoms with E-state index in [1.165, 1.54) is 6.42 Å². The van der Waals surface area contributed by atoms with Crippen molar-refractivity contribution in [3.8, 4) is 0 Å². The largest absolute Gasteiger partial charge is 0.417 e. The second-order valence-corrected chi connectivity index (χ2v) is 11.3. The van der Waals surface area contributed by atoms with Crippen molar-refractivity contribution in [2.45, 2.75) is 65.1 Å². The first-order valence-electron chi connectivity index (χ1n) is 7.17. The highest BCUT2D eigenvalue weighted by Gasteiger charge is 2.36. The highest BCUT2D eigenvalue weighted by Crippen LogP contribution is 2.36. The molecule has 0 spiro atoms. The van der Waals surface area contributed by atoms with Crippen LogP contribution in [0.25, 0.3) is 0 Å². The van der Waals surface area contributed by atoms with Crippen molar-refractivity contribution in [2.24, 2.45) is 5.92 Å². The van der Waals surface area contributed by atoms with Crippen LogP contribution < -0.4 is 0 Å². The lowest BCUT2D eigenvalue weighted by Gasteiger charge is -2.36. The highest BCUT2D eigenvalue weighted by atomic mass is 28.4. The van der Waals surface area contributed by atoms with Gasteiger partial charge in [-0.05, 0) is 36.9 Å². The minimum absolute atomic E-state index is 0.300. The molecule has 106 valence electrons. The van der Waals surface area contributed by atoms with E-state index in [2.05, 4.69) is 59.5 Å². The van der Waals surface area contributed by atoms with Gasteiger partial charge in [-0.3, -0.25) is 0 Å². The van der Waals surface area contributed by atoms with Gasteiger partial charge in [0.1, 0.15) is 0 Å². The molecule has 0 rings (SSSR count). The Hall–Kier alpha value is -0.343. The Kier molecular flexibility index (Phi) is 7.80. The molecule has 0 radical (unpaired) electrons. The van der Waals surface area contributed by atoms with Gasteiger partial charge in [0.25, 0.3) is 0 Å². The van der Waals surface area contributed by atoms with E-state index in [4.69, 9.17) is 4.43 Å². The van der Waals surface area contributed by atoms with Crippen LogP contribution in [0.15, 0.2) is 24.8 Å². The van der Waals surface area contributed by atoms with Crippen LogP contribution in [-0.4, -0.2) is 14.9 Å². The van der Waals surface area contributed by atoms with Gasteiger partial charge in [0.15, 0.2) is 8.32 Å². The van der Waals surface area contributed by atoms with E-state index in [9.17, 15) is 0 Å². The standard InChI is InChI=1S/C16H32OSi/c1-8-10-11-12-15(9-2)13-14-17-18(6,7)16(3,4)5/h9,11-12,15H,2,8,10,13-14H2,1,3-7H3/b12-11+. The molecular weight excluding hydrogens is 236 g/mol. The smallest absolute Gasteiger partial charge is 0.191 e. The van der Waals surface area contributed by atoms with Crippen molar-refractivity contribution < 1.29 is 4.43 Å². The molecule has 1 atom stereocenters. The van der Waals surface area contributed by atoms with E-state index >= 15 is 0 Å². The molecule has 0 heterocycles. The van der Waals surface area contributed by atoms with Gasteiger partial charge in [0.05, 0.1) is 0 Å². The van der Waals surface area contributed by atoms with Crippen molar-refractivity contribution in [1.82, 2.24) is 0 Å². The normalized spacial score (nSPS) is 15.0. The van der Waals surface area contributed by atoms with E-state index < -0.39 is 8.32 Å². The first-order valence-corrected chi connectivity index (χ1v) is 10.1. The number of hydrogen-bond donors (Lipinski definition) is 0. The van der Waals surface area contributed by atoms with Crippen LogP contribution in [0.2, 0.25) is 18.1 Å². The van der Waals surface area contributed by atoms with Crippen LogP contribution in [-0.2, 0) is 4.43 Å². The zero-order valence-electron chi connectivity index (χ0n) is 13.3. The zero-order valence-corrected chi connectivity index (χ0v) is 14.3. The third kappa shape index (κ3) is 6.55. The van der Waals surface area contributed by atoms with Crippen molar-refractivity contribution in [2.75, 3.05) is 6.61 Å². The van der Waals surface area contributed by atoms with Crippen molar-refractivity contribution in [1.29, 1.82) is 0 Å². The summed E-state index contributed by atoms with van der Waals surface area (Å²) >= 11 is 0. The second kappa shape index (κ2) is 7.95. The number of hydrogen-bond acceptors (Lipinski definition) is 1. The molecule has 0 bridgehead atoms. The second-order valence-electron chi connectivity index (χ2n) is 6.51. The molecule has 0 aliphatic rings. The van der Waals surface area contributed by atoms with E-state index in [1.54, 1.807) is 0 Å². The van der Waals surface area contributed by atoms with Gasteiger partial charge in [0.2, 0.25) is 0 Å². The predicted molar refractivity (Wildman–Crippen MR) is 85.5 cm³/mol. The van der Waals surface area contributed by atoms with Crippen molar-refractivity contribution >= 4 is 8.32 Å². The molecule has 18 heavy (non-hydrogen) atoms. The first kappa shape index (κ1) is 17.7. The van der Waals surface area contributed by atoms with Gasteiger partial charge in [-0.2, -0.15) is 0 Å². The third-order valence-corrected chi connectivity index (χ3v) is 8.40. The highest BCUT2D eigenvalue weighted by molar-refractivity contribution is 6.74. The first-order chi connectivity index (χ1) is 8.24. The predicted octanol–water partition coefficient (Wildman–Crippen LogP) is 5.56. The summed E-state index contributed by atoms with van der Waals surface area (Å²) in [6.07, 6.45) is 9.98. The fourth-order valence-corrected chi connectivity index (χ4v) is 2.46. The van der Waals surface area contributed by atoms with Gasteiger partial charge >= 0.3 is 0 Å². The third-order valence-electron chi connectivity index (χ3n) is 3.86. The van der Waals surface area contributed by atoms with Crippen LogP contribution in [0.1, 0.15) is 47.0 Å². The maximum atomic E-state index is 6.19. The summed E-state index contributed by atoms with van der Waals surface area (Å²) in [7, 11) is -1.58. The Balaban J connectivity index is 4.12. The molecule has 0 aromatic carbocycles. The average molecular weight is 269 g/mol. The summed E-state index contributed by atoms with van der Waals surface area (Å²) in [5.74, 6) is 0.460. The quantitative estimate of drug-likeness (QED) is 0.414. The Bertz CT molecular complexity index is 261. The average Bonchev–Trinajstić information content (AvgIpc) is 2.25. The van der Waals surface area contributed by atoms with Crippen LogP contribution in [0.5, 0.6) is 0 Å². The summed E-state index contributed by atoms with van der Waals surface area (Å²) in [5, 5.41) is 0.300. The van der Waals surface area contributed by atoms with Crippen molar-refractivity contribution in [3.05, 3.63) is 24.8 Å².